The van der Waals surface area contributed by atoms with E-state index in [0.717, 1.165) is 6.54 Å². The molecule has 1 aromatic rings. The second kappa shape index (κ2) is 6.24. The van der Waals surface area contributed by atoms with Crippen molar-refractivity contribution in [2.75, 3.05) is 18.0 Å². The summed E-state index contributed by atoms with van der Waals surface area (Å²) in [5, 5.41) is 12.1. The first-order chi connectivity index (χ1) is 8.10. The zero-order valence-electron chi connectivity index (χ0n) is 9.84. The molecule has 0 aliphatic heterocycles. The van der Waals surface area contributed by atoms with E-state index >= 15 is 0 Å². The Morgan fingerprint density at radius 3 is 2.94 bits per heavy atom. The molecule has 1 rings (SSSR count). The normalized spacial score (nSPS) is 13.5. The Hall–Kier alpha value is -1.56. The molecule has 0 spiro atoms. The van der Waals surface area contributed by atoms with Gasteiger partial charge in [0.15, 0.2) is 5.82 Å². The van der Waals surface area contributed by atoms with Crippen molar-refractivity contribution in [1.29, 1.82) is 0 Å². The second-order valence-corrected chi connectivity index (χ2v) is 4.07. The first-order valence-electron chi connectivity index (χ1n) is 5.28. The van der Waals surface area contributed by atoms with Gasteiger partial charge in [-0.05, 0) is 6.92 Å². The summed E-state index contributed by atoms with van der Waals surface area (Å²) in [5.41, 5.74) is 5.54. The topological polar surface area (TPSA) is 87.6 Å². The molecule has 1 unspecified atom stereocenters. The van der Waals surface area contributed by atoms with Crippen LogP contribution in [0.1, 0.15) is 13.8 Å². The van der Waals surface area contributed by atoms with Gasteiger partial charge in [0.1, 0.15) is 17.2 Å². The van der Waals surface area contributed by atoms with Gasteiger partial charge in [0.2, 0.25) is 0 Å². The fourth-order valence-corrected chi connectivity index (χ4v) is 1.65. The largest absolute Gasteiger partial charge is 0.409 e. The van der Waals surface area contributed by atoms with E-state index in [1.54, 1.807) is 6.20 Å². The molecule has 7 heteroatoms. The third-order valence-corrected chi connectivity index (χ3v) is 2.71. The monoisotopic (exact) mass is 257 g/mol. The Kier molecular flexibility index (Phi) is 4.96. The number of rotatable bonds is 5. The Labute approximate surface area is 105 Å². The van der Waals surface area contributed by atoms with Crippen molar-refractivity contribution in [2.45, 2.75) is 13.8 Å². The molecule has 0 radical (unpaired) electrons. The first-order valence-corrected chi connectivity index (χ1v) is 5.65. The minimum atomic E-state index is -0.0917. The summed E-state index contributed by atoms with van der Waals surface area (Å²) in [6.45, 7) is 5.15. The molecule has 94 valence electrons. The summed E-state index contributed by atoms with van der Waals surface area (Å²) >= 11 is 6.02. The number of oxime groups is 1. The van der Waals surface area contributed by atoms with E-state index in [-0.39, 0.29) is 11.8 Å². The number of hydrogen-bond acceptors (Lipinski definition) is 5. The van der Waals surface area contributed by atoms with E-state index in [1.807, 2.05) is 18.7 Å². The van der Waals surface area contributed by atoms with Crippen molar-refractivity contribution in [3.63, 3.8) is 0 Å². The highest BCUT2D eigenvalue weighted by atomic mass is 35.5. The summed E-state index contributed by atoms with van der Waals surface area (Å²) < 4.78 is 0. The molecule has 0 saturated heterocycles. The zero-order chi connectivity index (χ0) is 12.8. The highest BCUT2D eigenvalue weighted by molar-refractivity contribution is 6.32. The Morgan fingerprint density at radius 1 is 1.71 bits per heavy atom. The Bertz CT molecular complexity index is 398. The van der Waals surface area contributed by atoms with Crippen molar-refractivity contribution in [2.24, 2.45) is 16.8 Å². The van der Waals surface area contributed by atoms with Crippen LogP contribution in [0.15, 0.2) is 17.7 Å². The average Bonchev–Trinajstić information content (AvgIpc) is 2.35. The van der Waals surface area contributed by atoms with E-state index in [0.29, 0.717) is 17.4 Å². The van der Waals surface area contributed by atoms with Gasteiger partial charge in [0, 0.05) is 19.0 Å². The highest BCUT2D eigenvalue weighted by Gasteiger charge is 2.16. The van der Waals surface area contributed by atoms with Gasteiger partial charge in [-0.25, -0.2) is 9.97 Å². The molecule has 1 aromatic heterocycles. The number of nitrogens with two attached hydrogens (primary N) is 1. The first kappa shape index (κ1) is 13.5. The van der Waals surface area contributed by atoms with Crippen molar-refractivity contribution >= 4 is 23.3 Å². The SMILES string of the molecule is CCN(CC(C)C(N)=NO)c1ncncc1Cl. The smallest absolute Gasteiger partial charge is 0.150 e. The summed E-state index contributed by atoms with van der Waals surface area (Å²) in [6, 6.07) is 0. The van der Waals surface area contributed by atoms with Gasteiger partial charge < -0.3 is 15.8 Å². The molecule has 6 nitrogen and oxygen atoms in total. The van der Waals surface area contributed by atoms with Gasteiger partial charge in [-0.15, -0.1) is 0 Å². The van der Waals surface area contributed by atoms with Crippen LogP contribution in [0.4, 0.5) is 5.82 Å². The van der Waals surface area contributed by atoms with E-state index < -0.39 is 0 Å². The lowest BCUT2D eigenvalue weighted by molar-refractivity contribution is 0.314. The van der Waals surface area contributed by atoms with Crippen LogP contribution >= 0.6 is 11.6 Å². The predicted octanol–water partition coefficient (Wildman–Crippen LogP) is 1.34. The van der Waals surface area contributed by atoms with Crippen molar-refractivity contribution in [3.05, 3.63) is 17.5 Å². The average molecular weight is 258 g/mol. The predicted molar refractivity (Wildman–Crippen MR) is 67.5 cm³/mol. The lowest BCUT2D eigenvalue weighted by Crippen LogP contribution is -2.35. The summed E-state index contributed by atoms with van der Waals surface area (Å²) in [4.78, 5) is 9.91. The van der Waals surface area contributed by atoms with Crippen LogP contribution in [0.2, 0.25) is 5.02 Å². The summed E-state index contributed by atoms with van der Waals surface area (Å²) in [7, 11) is 0. The molecule has 17 heavy (non-hydrogen) atoms. The highest BCUT2D eigenvalue weighted by Crippen LogP contribution is 2.21. The van der Waals surface area contributed by atoms with Crippen LogP contribution in [-0.2, 0) is 0 Å². The van der Waals surface area contributed by atoms with Gasteiger partial charge in [0.25, 0.3) is 0 Å². The Morgan fingerprint density at radius 2 is 2.41 bits per heavy atom. The molecule has 0 saturated carbocycles. The van der Waals surface area contributed by atoms with Crippen LogP contribution in [0.3, 0.4) is 0 Å². The molecule has 1 heterocycles. The number of anilines is 1. The number of aromatic nitrogens is 2. The van der Waals surface area contributed by atoms with Crippen LogP contribution < -0.4 is 10.6 Å². The van der Waals surface area contributed by atoms with Gasteiger partial charge in [-0.2, -0.15) is 0 Å². The maximum Gasteiger partial charge on any atom is 0.150 e. The fraction of sp³-hybridized carbons (Fsp3) is 0.500. The third-order valence-electron chi connectivity index (χ3n) is 2.44. The second-order valence-electron chi connectivity index (χ2n) is 3.66. The molecule has 0 aromatic carbocycles. The number of hydrogen-bond donors (Lipinski definition) is 2. The lowest BCUT2D eigenvalue weighted by Gasteiger charge is -2.25. The van der Waals surface area contributed by atoms with Crippen LogP contribution in [0.5, 0.6) is 0 Å². The molecule has 0 aliphatic carbocycles. The molecular formula is C10H16ClN5O. The van der Waals surface area contributed by atoms with Crippen LogP contribution in [0, 0.1) is 5.92 Å². The van der Waals surface area contributed by atoms with E-state index in [1.165, 1.54) is 6.33 Å². The van der Waals surface area contributed by atoms with E-state index in [9.17, 15) is 0 Å². The fourth-order valence-electron chi connectivity index (χ4n) is 1.43. The molecule has 3 N–H and O–H groups in total. The van der Waals surface area contributed by atoms with Crippen molar-refractivity contribution in [3.8, 4) is 0 Å². The van der Waals surface area contributed by atoms with E-state index in [4.69, 9.17) is 22.5 Å². The minimum Gasteiger partial charge on any atom is -0.409 e. The minimum absolute atomic E-state index is 0.0917. The van der Waals surface area contributed by atoms with Crippen LogP contribution in [-0.4, -0.2) is 34.1 Å². The lowest BCUT2D eigenvalue weighted by atomic mass is 10.1. The number of nitrogens with zero attached hydrogens (tertiary/aromatic N) is 4. The summed E-state index contributed by atoms with van der Waals surface area (Å²) in [6.07, 6.45) is 2.98. The zero-order valence-corrected chi connectivity index (χ0v) is 10.6. The summed E-state index contributed by atoms with van der Waals surface area (Å²) in [5.74, 6) is 0.751. The quantitative estimate of drug-likeness (QED) is 0.360. The van der Waals surface area contributed by atoms with Gasteiger partial charge in [-0.3, -0.25) is 0 Å². The van der Waals surface area contributed by atoms with Gasteiger partial charge in [0.05, 0.1) is 6.20 Å². The van der Waals surface area contributed by atoms with Gasteiger partial charge in [-0.1, -0.05) is 23.7 Å². The molecule has 0 bridgehead atoms. The van der Waals surface area contributed by atoms with Gasteiger partial charge >= 0.3 is 0 Å². The van der Waals surface area contributed by atoms with Crippen LogP contribution in [0.25, 0.3) is 0 Å². The Balaban J connectivity index is 2.83. The van der Waals surface area contributed by atoms with Crippen molar-refractivity contribution in [1.82, 2.24) is 9.97 Å². The number of halogens is 1. The molecule has 0 aliphatic rings. The third kappa shape index (κ3) is 3.45. The molecule has 1 atom stereocenters. The number of amidine groups is 1. The maximum absolute atomic E-state index is 8.61. The maximum atomic E-state index is 8.61. The standard InChI is InChI=1S/C10H16ClN5O/c1-3-16(5-7(2)9(12)15-17)10-8(11)4-13-6-14-10/h4,6-7,17H,3,5H2,1-2H3,(H2,12,15). The molecular weight excluding hydrogens is 242 g/mol. The molecule has 0 fully saturated rings. The van der Waals surface area contributed by atoms with E-state index in [2.05, 4.69) is 15.1 Å². The van der Waals surface area contributed by atoms with Crippen molar-refractivity contribution < 1.29 is 5.21 Å². The molecule has 0 amide bonds.